The van der Waals surface area contributed by atoms with Crippen LogP contribution in [0.25, 0.3) is 22.3 Å². The highest BCUT2D eigenvalue weighted by molar-refractivity contribution is 5.91. The molecule has 2 aromatic heterocycles. The molecule has 2 heterocycles. The van der Waals surface area contributed by atoms with E-state index in [-0.39, 0.29) is 0 Å². The first-order chi connectivity index (χ1) is 8.40. The van der Waals surface area contributed by atoms with E-state index in [1.807, 2.05) is 42.5 Å². The maximum absolute atomic E-state index is 5.48. The van der Waals surface area contributed by atoms with Crippen LogP contribution < -0.4 is 4.74 Å². The summed E-state index contributed by atoms with van der Waals surface area (Å²) in [6.45, 7) is 0. The summed E-state index contributed by atoms with van der Waals surface area (Å²) in [5.74, 6) is 0.847. The van der Waals surface area contributed by atoms with E-state index in [0.717, 1.165) is 28.0 Å². The van der Waals surface area contributed by atoms with E-state index in [1.54, 1.807) is 13.3 Å². The molecule has 0 spiro atoms. The Hall–Kier alpha value is -2.29. The average Bonchev–Trinajstić information content (AvgIpc) is 2.78. The number of benzene rings is 1. The molecule has 0 aliphatic carbocycles. The van der Waals surface area contributed by atoms with Crippen molar-refractivity contribution in [3.05, 3.63) is 48.7 Å². The zero-order valence-electron chi connectivity index (χ0n) is 9.47. The highest BCUT2D eigenvalue weighted by atomic mass is 16.5. The maximum Gasteiger partial charge on any atom is 0.153 e. The van der Waals surface area contributed by atoms with Crippen molar-refractivity contribution in [2.75, 3.05) is 7.11 Å². The third kappa shape index (κ3) is 1.56. The molecule has 1 N–H and O–H groups in total. The van der Waals surface area contributed by atoms with Gasteiger partial charge in [0.2, 0.25) is 0 Å². The monoisotopic (exact) mass is 224 g/mol. The highest BCUT2D eigenvalue weighted by Crippen LogP contribution is 2.35. The SMILES string of the molecule is COc1c(-c2ccccc2)[nH]c2ncccc12. The lowest BCUT2D eigenvalue weighted by atomic mass is 10.1. The minimum atomic E-state index is 0.847. The summed E-state index contributed by atoms with van der Waals surface area (Å²) < 4.78 is 5.48. The number of rotatable bonds is 2. The molecule has 0 atom stereocenters. The lowest BCUT2D eigenvalue weighted by molar-refractivity contribution is 0.421. The number of hydrogen-bond acceptors (Lipinski definition) is 2. The van der Waals surface area contributed by atoms with Gasteiger partial charge in [0.1, 0.15) is 5.65 Å². The molecule has 3 heteroatoms. The summed E-state index contributed by atoms with van der Waals surface area (Å²) in [6, 6.07) is 14.0. The standard InChI is InChI=1S/C14H12N2O/c1-17-13-11-8-5-9-15-14(11)16-12(13)10-6-3-2-4-7-10/h2-9H,1H3,(H,15,16). The quantitative estimate of drug-likeness (QED) is 0.725. The Balaban J connectivity index is 2.30. The Morgan fingerprint density at radius 3 is 2.65 bits per heavy atom. The van der Waals surface area contributed by atoms with Gasteiger partial charge in [-0.3, -0.25) is 0 Å². The number of aromatic nitrogens is 2. The number of fused-ring (bicyclic) bond motifs is 1. The van der Waals surface area contributed by atoms with Crippen molar-refractivity contribution in [1.29, 1.82) is 0 Å². The minimum absolute atomic E-state index is 0.847. The molecule has 0 radical (unpaired) electrons. The van der Waals surface area contributed by atoms with E-state index in [4.69, 9.17) is 4.74 Å². The Morgan fingerprint density at radius 2 is 1.88 bits per heavy atom. The molecule has 0 saturated heterocycles. The molecular formula is C14H12N2O. The van der Waals surface area contributed by atoms with Crippen LogP contribution in [0, 0.1) is 0 Å². The number of hydrogen-bond donors (Lipinski definition) is 1. The van der Waals surface area contributed by atoms with Crippen molar-refractivity contribution >= 4 is 11.0 Å². The Bertz CT molecular complexity index is 644. The van der Waals surface area contributed by atoms with Crippen molar-refractivity contribution in [1.82, 2.24) is 9.97 Å². The third-order valence-electron chi connectivity index (χ3n) is 2.79. The molecule has 0 amide bonds. The molecule has 0 unspecified atom stereocenters. The number of methoxy groups -OCH3 is 1. The molecule has 0 aliphatic heterocycles. The number of nitrogens with one attached hydrogen (secondary N) is 1. The fraction of sp³-hybridized carbons (Fsp3) is 0.0714. The van der Waals surface area contributed by atoms with E-state index in [0.29, 0.717) is 0 Å². The van der Waals surface area contributed by atoms with Crippen LogP contribution in [0.1, 0.15) is 0 Å². The Morgan fingerprint density at radius 1 is 1.06 bits per heavy atom. The van der Waals surface area contributed by atoms with Gasteiger partial charge in [-0.15, -0.1) is 0 Å². The number of pyridine rings is 1. The second kappa shape index (κ2) is 3.94. The van der Waals surface area contributed by atoms with E-state index in [1.165, 1.54) is 0 Å². The average molecular weight is 224 g/mol. The molecule has 84 valence electrons. The summed E-state index contributed by atoms with van der Waals surface area (Å²) in [7, 11) is 1.68. The van der Waals surface area contributed by atoms with Crippen LogP contribution in [0.15, 0.2) is 48.7 Å². The summed E-state index contributed by atoms with van der Waals surface area (Å²) in [5.41, 5.74) is 2.92. The number of H-pyrrole nitrogens is 1. The van der Waals surface area contributed by atoms with Gasteiger partial charge < -0.3 is 9.72 Å². The number of nitrogens with zero attached hydrogens (tertiary/aromatic N) is 1. The molecule has 0 bridgehead atoms. The van der Waals surface area contributed by atoms with Crippen LogP contribution in [-0.4, -0.2) is 17.1 Å². The summed E-state index contributed by atoms with van der Waals surface area (Å²) in [5, 5.41) is 1.01. The number of aromatic amines is 1. The minimum Gasteiger partial charge on any atom is -0.494 e. The summed E-state index contributed by atoms with van der Waals surface area (Å²) in [4.78, 5) is 7.60. The molecule has 0 fully saturated rings. The van der Waals surface area contributed by atoms with Crippen LogP contribution in [0.4, 0.5) is 0 Å². The molecule has 0 aliphatic rings. The zero-order chi connectivity index (χ0) is 11.7. The van der Waals surface area contributed by atoms with Gasteiger partial charge in [-0.2, -0.15) is 0 Å². The molecule has 17 heavy (non-hydrogen) atoms. The van der Waals surface area contributed by atoms with E-state index < -0.39 is 0 Å². The van der Waals surface area contributed by atoms with Crippen LogP contribution in [-0.2, 0) is 0 Å². The van der Waals surface area contributed by atoms with Gasteiger partial charge in [0.05, 0.1) is 18.2 Å². The second-order valence-electron chi connectivity index (χ2n) is 3.80. The Labute approximate surface area is 99.1 Å². The molecule has 3 rings (SSSR count). The first-order valence-corrected chi connectivity index (χ1v) is 5.46. The van der Waals surface area contributed by atoms with Crippen molar-refractivity contribution < 1.29 is 4.74 Å². The lowest BCUT2D eigenvalue weighted by Crippen LogP contribution is -1.84. The largest absolute Gasteiger partial charge is 0.494 e. The van der Waals surface area contributed by atoms with Crippen LogP contribution in [0.5, 0.6) is 5.75 Å². The van der Waals surface area contributed by atoms with Crippen molar-refractivity contribution in [3.63, 3.8) is 0 Å². The normalized spacial score (nSPS) is 10.6. The topological polar surface area (TPSA) is 37.9 Å². The maximum atomic E-state index is 5.48. The molecular weight excluding hydrogens is 212 g/mol. The van der Waals surface area contributed by atoms with Crippen molar-refractivity contribution in [2.24, 2.45) is 0 Å². The summed E-state index contributed by atoms with van der Waals surface area (Å²) in [6.07, 6.45) is 1.77. The van der Waals surface area contributed by atoms with Gasteiger partial charge in [-0.05, 0) is 12.1 Å². The van der Waals surface area contributed by atoms with Crippen LogP contribution in [0.2, 0.25) is 0 Å². The molecule has 0 saturated carbocycles. The highest BCUT2D eigenvalue weighted by Gasteiger charge is 2.13. The smallest absolute Gasteiger partial charge is 0.153 e. The van der Waals surface area contributed by atoms with E-state index in [9.17, 15) is 0 Å². The van der Waals surface area contributed by atoms with Gasteiger partial charge in [-0.25, -0.2) is 4.98 Å². The first-order valence-electron chi connectivity index (χ1n) is 5.46. The van der Waals surface area contributed by atoms with Crippen LogP contribution >= 0.6 is 0 Å². The van der Waals surface area contributed by atoms with Crippen molar-refractivity contribution in [3.8, 4) is 17.0 Å². The summed E-state index contributed by atoms with van der Waals surface area (Å²) >= 11 is 0. The van der Waals surface area contributed by atoms with Gasteiger partial charge in [0.15, 0.2) is 5.75 Å². The predicted octanol–water partition coefficient (Wildman–Crippen LogP) is 3.24. The van der Waals surface area contributed by atoms with Gasteiger partial charge in [0.25, 0.3) is 0 Å². The Kier molecular flexibility index (Phi) is 2.29. The first kappa shape index (κ1) is 9.90. The fourth-order valence-electron chi connectivity index (χ4n) is 2.02. The van der Waals surface area contributed by atoms with Gasteiger partial charge >= 0.3 is 0 Å². The van der Waals surface area contributed by atoms with E-state index in [2.05, 4.69) is 9.97 Å². The number of ether oxygens (including phenoxy) is 1. The third-order valence-corrected chi connectivity index (χ3v) is 2.79. The van der Waals surface area contributed by atoms with Crippen LogP contribution in [0.3, 0.4) is 0 Å². The second-order valence-corrected chi connectivity index (χ2v) is 3.80. The van der Waals surface area contributed by atoms with Gasteiger partial charge in [0, 0.05) is 11.8 Å². The molecule has 3 nitrogen and oxygen atoms in total. The zero-order valence-corrected chi connectivity index (χ0v) is 9.47. The predicted molar refractivity (Wildman–Crippen MR) is 68.1 cm³/mol. The van der Waals surface area contributed by atoms with Gasteiger partial charge in [-0.1, -0.05) is 30.3 Å². The molecule has 1 aromatic carbocycles. The molecule has 3 aromatic rings. The van der Waals surface area contributed by atoms with Crippen molar-refractivity contribution in [2.45, 2.75) is 0 Å². The lowest BCUT2D eigenvalue weighted by Gasteiger charge is -2.02. The fourth-order valence-corrected chi connectivity index (χ4v) is 2.02. The van der Waals surface area contributed by atoms with E-state index >= 15 is 0 Å².